The molecule has 0 aromatic rings. The minimum atomic E-state index is -0.841. The van der Waals surface area contributed by atoms with Crippen LogP contribution in [0.2, 0.25) is 0 Å². The van der Waals surface area contributed by atoms with Gasteiger partial charge in [-0.05, 0) is 89.9 Å². The molecule has 6 heteroatoms. The van der Waals surface area contributed by atoms with E-state index >= 15 is 0 Å². The van der Waals surface area contributed by atoms with Crippen LogP contribution in [0.4, 0.5) is 0 Å². The fourth-order valence-electron chi connectivity index (χ4n) is 12.0. The SMILES string of the molecule is CCCCCCCC/C=C\CCCCCCCCCCCC(=O)OCCCCCCCCCCCCCCCCC/C=C\C/C=C\CCCCCCCCCCCCCCCCCCCC(=O)NC(CO)C(O)/C=C/CCCCCCCCCC. The molecule has 0 aromatic carbocycles. The van der Waals surface area contributed by atoms with Crippen molar-refractivity contribution in [1.82, 2.24) is 5.32 Å². The largest absolute Gasteiger partial charge is 0.466 e. The van der Waals surface area contributed by atoms with Gasteiger partial charge in [-0.15, -0.1) is 0 Å². The lowest BCUT2D eigenvalue weighted by molar-refractivity contribution is -0.143. The van der Waals surface area contributed by atoms with Crippen molar-refractivity contribution in [2.75, 3.05) is 13.2 Å². The average Bonchev–Trinajstić information content (AvgIpc) is 3.51. The van der Waals surface area contributed by atoms with Crippen molar-refractivity contribution in [1.29, 1.82) is 0 Å². The standard InChI is InChI=1S/C79H149NO5/c1-3-5-7-9-11-13-15-16-17-18-40-44-47-50-53-57-61-65-69-73-79(84)85-74-70-66-62-58-54-51-48-45-42-39-37-35-33-31-29-27-25-23-21-19-20-22-24-26-28-30-32-34-36-38-41-43-46-49-52-56-60-64-68-72-78(83)80-76(75-81)77(82)71-67-63-59-55-14-12-10-8-6-4-2/h16-17,19-20,23,25,67,71,76-77,81-82H,3-15,18,21-22,24,26-66,68-70,72-75H2,1-2H3,(H,80,83)/b17-16-,20-19-,25-23-,71-67+. The third-order valence-corrected chi connectivity index (χ3v) is 17.8. The molecule has 0 aliphatic rings. The third-order valence-electron chi connectivity index (χ3n) is 17.8. The minimum Gasteiger partial charge on any atom is -0.466 e. The molecule has 0 aliphatic heterocycles. The molecule has 0 aliphatic carbocycles. The molecule has 3 N–H and O–H groups in total. The van der Waals surface area contributed by atoms with E-state index in [9.17, 15) is 19.8 Å². The van der Waals surface area contributed by atoms with E-state index in [4.69, 9.17) is 4.74 Å². The Morgan fingerprint density at radius 2 is 0.588 bits per heavy atom. The normalized spacial score (nSPS) is 12.8. The van der Waals surface area contributed by atoms with Gasteiger partial charge < -0.3 is 20.3 Å². The van der Waals surface area contributed by atoms with Gasteiger partial charge in [0.2, 0.25) is 5.91 Å². The van der Waals surface area contributed by atoms with Crippen LogP contribution in [0.1, 0.15) is 418 Å². The van der Waals surface area contributed by atoms with Gasteiger partial charge in [-0.3, -0.25) is 9.59 Å². The zero-order valence-electron chi connectivity index (χ0n) is 57.4. The number of rotatable bonds is 72. The van der Waals surface area contributed by atoms with Gasteiger partial charge >= 0.3 is 5.97 Å². The summed E-state index contributed by atoms with van der Waals surface area (Å²) in [6.45, 7) is 4.91. The molecule has 2 atom stereocenters. The molecule has 85 heavy (non-hydrogen) atoms. The van der Waals surface area contributed by atoms with E-state index in [0.717, 1.165) is 44.9 Å². The summed E-state index contributed by atoms with van der Waals surface area (Å²) in [7, 11) is 0. The molecule has 0 aromatic heterocycles. The Kier molecular flexibility index (Phi) is 72.4. The van der Waals surface area contributed by atoms with Crippen LogP contribution < -0.4 is 5.32 Å². The smallest absolute Gasteiger partial charge is 0.305 e. The summed E-state index contributed by atoms with van der Waals surface area (Å²) in [5, 5.41) is 23.0. The van der Waals surface area contributed by atoms with E-state index in [1.54, 1.807) is 6.08 Å². The van der Waals surface area contributed by atoms with Gasteiger partial charge in [0.25, 0.3) is 0 Å². The number of carbonyl (C=O) groups is 2. The van der Waals surface area contributed by atoms with Gasteiger partial charge in [0.05, 0.1) is 25.4 Å². The van der Waals surface area contributed by atoms with Crippen molar-refractivity contribution < 1.29 is 24.5 Å². The number of hydrogen-bond donors (Lipinski definition) is 3. The van der Waals surface area contributed by atoms with Crippen LogP contribution in [-0.4, -0.2) is 47.4 Å². The zero-order valence-corrected chi connectivity index (χ0v) is 57.4. The third kappa shape index (κ3) is 70.8. The van der Waals surface area contributed by atoms with E-state index < -0.39 is 12.1 Å². The number of nitrogens with one attached hydrogen (secondary N) is 1. The van der Waals surface area contributed by atoms with E-state index in [-0.39, 0.29) is 18.5 Å². The molecule has 1 amide bonds. The molecule has 6 nitrogen and oxygen atoms in total. The highest BCUT2D eigenvalue weighted by Gasteiger charge is 2.18. The van der Waals surface area contributed by atoms with Crippen molar-refractivity contribution in [3.63, 3.8) is 0 Å². The van der Waals surface area contributed by atoms with E-state index in [0.29, 0.717) is 19.4 Å². The quantitative estimate of drug-likeness (QED) is 0.0320. The van der Waals surface area contributed by atoms with E-state index in [1.165, 1.54) is 347 Å². The number of aliphatic hydroxyl groups is 2. The number of carbonyl (C=O) groups excluding carboxylic acids is 2. The van der Waals surface area contributed by atoms with Gasteiger partial charge in [-0.25, -0.2) is 0 Å². The van der Waals surface area contributed by atoms with Crippen LogP contribution in [0.25, 0.3) is 0 Å². The summed E-state index contributed by atoms with van der Waals surface area (Å²) in [6, 6.07) is -0.624. The highest BCUT2D eigenvalue weighted by molar-refractivity contribution is 5.76. The second-order valence-corrected chi connectivity index (χ2v) is 26.3. The number of amides is 1. The Morgan fingerprint density at radius 3 is 0.906 bits per heavy atom. The van der Waals surface area contributed by atoms with Gasteiger partial charge in [0.1, 0.15) is 0 Å². The lowest BCUT2D eigenvalue weighted by Gasteiger charge is -2.20. The van der Waals surface area contributed by atoms with Crippen LogP contribution in [0.3, 0.4) is 0 Å². The minimum absolute atomic E-state index is 0.0200. The molecule has 0 radical (unpaired) electrons. The fraction of sp³-hybridized carbons (Fsp3) is 0.873. The summed E-state index contributed by atoms with van der Waals surface area (Å²) >= 11 is 0. The number of hydrogen-bond acceptors (Lipinski definition) is 5. The first-order valence-electron chi connectivity index (χ1n) is 38.4. The molecule has 0 saturated carbocycles. The number of esters is 1. The Morgan fingerprint density at radius 1 is 0.329 bits per heavy atom. The Balaban J connectivity index is 3.33. The number of aliphatic hydroxyl groups excluding tert-OH is 2. The lowest BCUT2D eigenvalue weighted by Crippen LogP contribution is -2.45. The second kappa shape index (κ2) is 74.3. The number of ether oxygens (including phenoxy) is 1. The van der Waals surface area contributed by atoms with Gasteiger partial charge in [0.15, 0.2) is 0 Å². The topological polar surface area (TPSA) is 95.9 Å². The van der Waals surface area contributed by atoms with Crippen LogP contribution in [-0.2, 0) is 14.3 Å². The van der Waals surface area contributed by atoms with E-state index in [2.05, 4.69) is 55.6 Å². The second-order valence-electron chi connectivity index (χ2n) is 26.3. The Hall–Kier alpha value is -2.18. The number of allylic oxidation sites excluding steroid dienone is 7. The van der Waals surface area contributed by atoms with Crippen LogP contribution >= 0.6 is 0 Å². The van der Waals surface area contributed by atoms with Crippen LogP contribution in [0.5, 0.6) is 0 Å². The molecule has 2 unspecified atom stereocenters. The van der Waals surface area contributed by atoms with Crippen molar-refractivity contribution in [3.05, 3.63) is 48.6 Å². The highest BCUT2D eigenvalue weighted by atomic mass is 16.5. The zero-order chi connectivity index (χ0) is 61.3. The monoisotopic (exact) mass is 1190 g/mol. The van der Waals surface area contributed by atoms with Crippen molar-refractivity contribution >= 4 is 11.9 Å². The maximum absolute atomic E-state index is 12.4. The highest BCUT2D eigenvalue weighted by Crippen LogP contribution is 2.19. The summed E-state index contributed by atoms with van der Waals surface area (Å²) < 4.78 is 5.52. The Labute approximate surface area is 531 Å². The lowest BCUT2D eigenvalue weighted by atomic mass is 10.0. The first-order chi connectivity index (χ1) is 42.0. The predicted octanol–water partition coefficient (Wildman–Crippen LogP) is 25.2. The van der Waals surface area contributed by atoms with Gasteiger partial charge in [0, 0.05) is 12.8 Å². The molecule has 500 valence electrons. The molecule has 0 spiro atoms. The summed E-state index contributed by atoms with van der Waals surface area (Å²) in [6.07, 6.45) is 98.2. The molecule has 0 rings (SSSR count). The van der Waals surface area contributed by atoms with Crippen LogP contribution in [0.15, 0.2) is 48.6 Å². The fourth-order valence-corrected chi connectivity index (χ4v) is 12.0. The molecular weight excluding hydrogens is 1040 g/mol. The first kappa shape index (κ1) is 82.8. The molecule has 0 fully saturated rings. The Bertz CT molecular complexity index is 1420. The first-order valence-corrected chi connectivity index (χ1v) is 38.4. The summed E-state index contributed by atoms with van der Waals surface area (Å²) in [5.41, 5.74) is 0. The summed E-state index contributed by atoms with van der Waals surface area (Å²) in [4.78, 5) is 24.6. The van der Waals surface area contributed by atoms with Crippen molar-refractivity contribution in [2.24, 2.45) is 0 Å². The summed E-state index contributed by atoms with van der Waals surface area (Å²) in [5.74, 6) is -0.0455. The van der Waals surface area contributed by atoms with Crippen molar-refractivity contribution in [2.45, 2.75) is 431 Å². The molecule has 0 heterocycles. The van der Waals surface area contributed by atoms with Gasteiger partial charge in [-0.1, -0.05) is 364 Å². The van der Waals surface area contributed by atoms with E-state index in [1.807, 2.05) is 6.08 Å². The van der Waals surface area contributed by atoms with Gasteiger partial charge in [-0.2, -0.15) is 0 Å². The molecular formula is C79H149NO5. The average molecular weight is 1190 g/mol. The molecule has 0 bridgehead atoms. The van der Waals surface area contributed by atoms with Crippen LogP contribution in [0, 0.1) is 0 Å². The predicted molar refractivity (Wildman–Crippen MR) is 375 cm³/mol. The maximum Gasteiger partial charge on any atom is 0.305 e. The van der Waals surface area contributed by atoms with Crippen molar-refractivity contribution in [3.8, 4) is 0 Å². The maximum atomic E-state index is 12.4. The number of unbranched alkanes of at least 4 members (excludes halogenated alkanes) is 55. The molecule has 0 saturated heterocycles.